The number of ether oxygens (including phenoxy) is 1. The Kier molecular flexibility index (Phi) is 15.0. The average Bonchev–Trinajstić information content (AvgIpc) is 3.26. The van der Waals surface area contributed by atoms with Gasteiger partial charge in [-0.15, -0.1) is 0 Å². The van der Waals surface area contributed by atoms with E-state index in [9.17, 15) is 24.9 Å². The number of nitrogens with one attached hydrogen (secondary N) is 1. The molecule has 8 nitrogen and oxygen atoms in total. The molecule has 0 amide bonds. The van der Waals surface area contributed by atoms with E-state index < -0.39 is 12.2 Å². The second-order valence-corrected chi connectivity index (χ2v) is 16.9. The van der Waals surface area contributed by atoms with Crippen molar-refractivity contribution in [3.8, 4) is 11.8 Å². The molecular weight excluding hydrogens is 616 g/mol. The molecule has 3 saturated carbocycles. The molecule has 0 radical (unpaired) electrons. The summed E-state index contributed by atoms with van der Waals surface area (Å²) in [6.07, 6.45) is 14.7. The Morgan fingerprint density at radius 2 is 1.73 bits per heavy atom. The lowest BCUT2D eigenvalue weighted by molar-refractivity contribution is -0.131. The van der Waals surface area contributed by atoms with Crippen molar-refractivity contribution >= 4 is 11.6 Å². The molecular formula is C41H68N2O6. The number of Topliss-reactive ketones (excluding diaryl/α,β-unsaturated/α-hetero) is 2. The number of piperidine rings is 1. The van der Waals surface area contributed by atoms with Crippen LogP contribution >= 0.6 is 0 Å². The minimum Gasteiger partial charge on any atom is -0.396 e. The Hall–Kier alpha value is -1.34. The van der Waals surface area contributed by atoms with Crippen LogP contribution in [0.15, 0.2) is 0 Å². The zero-order chi connectivity index (χ0) is 34.9. The highest BCUT2D eigenvalue weighted by Gasteiger charge is 2.45. The predicted molar refractivity (Wildman–Crippen MR) is 192 cm³/mol. The number of rotatable bonds is 10. The van der Waals surface area contributed by atoms with Crippen LogP contribution in [0.5, 0.6) is 0 Å². The van der Waals surface area contributed by atoms with Crippen molar-refractivity contribution < 1.29 is 29.6 Å². The van der Waals surface area contributed by atoms with Crippen molar-refractivity contribution in [3.63, 3.8) is 0 Å². The Balaban J connectivity index is 1.54. The molecule has 1 saturated heterocycles. The smallest absolute Gasteiger partial charge is 0.144 e. The van der Waals surface area contributed by atoms with Gasteiger partial charge in [0.25, 0.3) is 0 Å². The first-order valence-electron chi connectivity index (χ1n) is 20.2. The van der Waals surface area contributed by atoms with Crippen molar-refractivity contribution in [1.29, 1.82) is 0 Å². The van der Waals surface area contributed by atoms with Gasteiger partial charge >= 0.3 is 0 Å². The van der Waals surface area contributed by atoms with E-state index in [4.69, 9.17) is 10.5 Å². The van der Waals surface area contributed by atoms with Gasteiger partial charge in [-0.3, -0.25) is 9.59 Å². The minimum absolute atomic E-state index is 0.000254. The molecule has 6 N–H and O–H groups in total. The van der Waals surface area contributed by atoms with Gasteiger partial charge in [0.1, 0.15) is 11.6 Å². The van der Waals surface area contributed by atoms with Gasteiger partial charge in [-0.05, 0) is 131 Å². The molecule has 4 aliphatic carbocycles. The van der Waals surface area contributed by atoms with Gasteiger partial charge in [0.05, 0.1) is 30.9 Å². The first-order chi connectivity index (χ1) is 23.7. The number of aliphatic hydroxyl groups excluding tert-OH is 3. The van der Waals surface area contributed by atoms with Crippen LogP contribution in [0.2, 0.25) is 0 Å². The summed E-state index contributed by atoms with van der Waals surface area (Å²) in [5, 5.41) is 35.7. The van der Waals surface area contributed by atoms with Crippen LogP contribution in [-0.4, -0.2) is 71.6 Å². The van der Waals surface area contributed by atoms with Gasteiger partial charge in [0.15, 0.2) is 0 Å². The SMILES string of the molecule is CCCC(C(O)CCO)C1CC(CC2CCNC(N)C2)CC2C#CC(C3CCCCC3)C3CC(O)C(OC)CC3CCC(=O)CC(=O)C2C1. The first-order valence-corrected chi connectivity index (χ1v) is 20.2. The van der Waals surface area contributed by atoms with Crippen LogP contribution in [0.3, 0.4) is 0 Å². The number of hydrogen-bond acceptors (Lipinski definition) is 8. The van der Waals surface area contributed by atoms with Gasteiger partial charge in [0, 0.05) is 37.9 Å². The van der Waals surface area contributed by atoms with Crippen LogP contribution in [0.4, 0.5) is 0 Å². The Morgan fingerprint density at radius 3 is 2.45 bits per heavy atom. The predicted octanol–water partition coefficient (Wildman–Crippen LogP) is 5.39. The van der Waals surface area contributed by atoms with Gasteiger partial charge in [-0.2, -0.15) is 0 Å². The zero-order valence-corrected chi connectivity index (χ0v) is 30.6. The van der Waals surface area contributed by atoms with Crippen molar-refractivity contribution in [2.75, 3.05) is 20.3 Å². The molecule has 0 spiro atoms. The molecule has 0 aromatic heterocycles. The number of carbonyl (C=O) groups excluding carboxylic acids is 2. The average molecular weight is 685 g/mol. The summed E-state index contributed by atoms with van der Waals surface area (Å²) in [5.74, 6) is 9.39. The highest BCUT2D eigenvalue weighted by Crippen LogP contribution is 2.47. The Labute approximate surface area is 296 Å². The molecule has 278 valence electrons. The molecule has 5 aliphatic rings. The number of ketones is 2. The maximum atomic E-state index is 14.3. The van der Waals surface area contributed by atoms with E-state index >= 15 is 0 Å². The molecule has 0 bridgehead atoms. The second-order valence-electron chi connectivity index (χ2n) is 16.9. The lowest BCUT2D eigenvalue weighted by Gasteiger charge is -2.44. The third-order valence-corrected chi connectivity index (χ3v) is 13.6. The molecule has 13 atom stereocenters. The second kappa shape index (κ2) is 18.9. The fourth-order valence-corrected chi connectivity index (χ4v) is 11.1. The van der Waals surface area contributed by atoms with Crippen molar-refractivity contribution in [1.82, 2.24) is 5.32 Å². The van der Waals surface area contributed by atoms with Gasteiger partial charge in [0.2, 0.25) is 0 Å². The van der Waals surface area contributed by atoms with Crippen molar-refractivity contribution in [2.45, 2.75) is 153 Å². The van der Waals surface area contributed by atoms with Crippen LogP contribution < -0.4 is 11.1 Å². The molecule has 49 heavy (non-hydrogen) atoms. The number of aliphatic hydroxyl groups is 3. The third kappa shape index (κ3) is 10.4. The highest BCUT2D eigenvalue weighted by atomic mass is 16.5. The lowest BCUT2D eigenvalue weighted by Crippen LogP contribution is -2.44. The third-order valence-electron chi connectivity index (χ3n) is 13.6. The molecule has 0 aromatic rings. The van der Waals surface area contributed by atoms with E-state index in [1.165, 1.54) is 19.3 Å². The summed E-state index contributed by atoms with van der Waals surface area (Å²) in [5.41, 5.74) is 6.36. The van der Waals surface area contributed by atoms with Crippen LogP contribution in [-0.2, 0) is 14.3 Å². The fraction of sp³-hybridized carbons (Fsp3) is 0.902. The summed E-state index contributed by atoms with van der Waals surface area (Å²) in [6.45, 7) is 3.01. The van der Waals surface area contributed by atoms with Crippen LogP contribution in [0, 0.1) is 71.0 Å². The minimum atomic E-state index is -0.616. The molecule has 5 rings (SSSR count). The normalized spacial score (nSPS) is 39.6. The number of fused-ring (bicyclic) bond motifs is 2. The topological polar surface area (TPSA) is 142 Å². The number of methoxy groups -OCH3 is 1. The molecule has 0 aromatic carbocycles. The quantitative estimate of drug-likeness (QED) is 0.152. The fourth-order valence-electron chi connectivity index (χ4n) is 11.1. The van der Waals surface area contributed by atoms with E-state index in [-0.39, 0.29) is 78.3 Å². The zero-order valence-electron chi connectivity index (χ0n) is 30.6. The largest absolute Gasteiger partial charge is 0.396 e. The monoisotopic (exact) mass is 685 g/mol. The molecule has 13 unspecified atom stereocenters. The maximum absolute atomic E-state index is 14.3. The summed E-state index contributed by atoms with van der Waals surface area (Å²) in [7, 11) is 1.67. The number of nitrogens with two attached hydrogens (primary N) is 1. The first kappa shape index (κ1) is 38.9. The number of carbonyl (C=O) groups is 2. The number of hydrogen-bond donors (Lipinski definition) is 5. The van der Waals surface area contributed by atoms with Crippen molar-refractivity contribution in [2.24, 2.45) is 64.9 Å². The van der Waals surface area contributed by atoms with Crippen LogP contribution in [0.1, 0.15) is 129 Å². The summed E-state index contributed by atoms with van der Waals surface area (Å²) < 4.78 is 5.73. The van der Waals surface area contributed by atoms with Gasteiger partial charge in [-0.1, -0.05) is 44.4 Å². The highest BCUT2D eigenvalue weighted by molar-refractivity contribution is 6.00. The van der Waals surface area contributed by atoms with Gasteiger partial charge in [-0.25, -0.2) is 0 Å². The summed E-state index contributed by atoms with van der Waals surface area (Å²) >= 11 is 0. The van der Waals surface area contributed by atoms with E-state index in [0.717, 1.165) is 77.2 Å². The Morgan fingerprint density at radius 1 is 0.939 bits per heavy atom. The maximum Gasteiger partial charge on any atom is 0.144 e. The summed E-state index contributed by atoms with van der Waals surface area (Å²) in [4.78, 5) is 27.9. The molecule has 1 heterocycles. The van der Waals surface area contributed by atoms with Gasteiger partial charge < -0.3 is 31.1 Å². The molecule has 4 fully saturated rings. The Bertz CT molecular complexity index is 1120. The van der Waals surface area contributed by atoms with E-state index in [2.05, 4.69) is 24.1 Å². The standard InChI is InChI=1S/C41H68N2O6/c1-3-7-34(37(46)15-17-44)31-20-27(18-26-14-16-43-41(42)21-26)19-29-11-13-33(28-8-5-4-6-9-28)35-25-39(48)40(49-2)23-30(35)10-12-32(45)24-38(47)36(29)22-31/h26-31,33-37,39-41,43-44,46,48H,3-10,12,14-25,42H2,1-2H3. The van der Waals surface area contributed by atoms with Crippen LogP contribution in [0.25, 0.3) is 0 Å². The lowest BCUT2D eigenvalue weighted by atomic mass is 9.63. The molecule has 1 aliphatic heterocycles. The van der Waals surface area contributed by atoms with E-state index in [1.807, 2.05) is 0 Å². The van der Waals surface area contributed by atoms with E-state index in [1.54, 1.807) is 7.11 Å². The molecule has 8 heteroatoms. The van der Waals surface area contributed by atoms with Crippen molar-refractivity contribution in [3.05, 3.63) is 0 Å². The van der Waals surface area contributed by atoms with E-state index in [0.29, 0.717) is 43.4 Å². The summed E-state index contributed by atoms with van der Waals surface area (Å²) in [6, 6.07) is 0.